The van der Waals surface area contributed by atoms with Crippen molar-refractivity contribution in [2.24, 2.45) is 0 Å². The van der Waals surface area contributed by atoms with E-state index in [9.17, 15) is 9.59 Å². The third-order valence-electron chi connectivity index (χ3n) is 3.03. The normalized spacial score (nSPS) is 10.8. The Morgan fingerprint density at radius 1 is 1.25 bits per heavy atom. The summed E-state index contributed by atoms with van der Waals surface area (Å²) in [5, 5.41) is 6.00. The number of para-hydroxylation sites is 2. The van der Waals surface area contributed by atoms with Crippen LogP contribution in [-0.4, -0.2) is 35.1 Å². The monoisotopic (exact) mass is 276 g/mol. The molecular weight excluding hydrogens is 256 g/mol. The van der Waals surface area contributed by atoms with Crippen molar-refractivity contribution >= 4 is 16.9 Å². The van der Waals surface area contributed by atoms with Crippen LogP contribution in [0.2, 0.25) is 0 Å². The maximum atomic E-state index is 11.8. The zero-order valence-corrected chi connectivity index (χ0v) is 11.6. The highest BCUT2D eigenvalue weighted by Gasteiger charge is 2.09. The Morgan fingerprint density at radius 3 is 2.85 bits per heavy atom. The van der Waals surface area contributed by atoms with E-state index in [1.165, 1.54) is 4.57 Å². The van der Waals surface area contributed by atoms with Crippen molar-refractivity contribution in [2.45, 2.75) is 19.9 Å². The number of carbonyl (C=O) groups is 1. The summed E-state index contributed by atoms with van der Waals surface area (Å²) < 4.78 is 1.45. The van der Waals surface area contributed by atoms with Crippen LogP contribution in [0.15, 0.2) is 29.1 Å². The molecule has 6 nitrogen and oxygen atoms in total. The van der Waals surface area contributed by atoms with Crippen molar-refractivity contribution < 1.29 is 4.79 Å². The average Bonchev–Trinajstić information content (AvgIpc) is 2.75. The molecular formula is C14H20N4O2. The molecule has 0 radical (unpaired) electrons. The maximum absolute atomic E-state index is 11.8. The Labute approximate surface area is 117 Å². The maximum Gasteiger partial charge on any atom is 0.326 e. The summed E-state index contributed by atoms with van der Waals surface area (Å²) in [7, 11) is 0. The molecule has 1 amide bonds. The number of amides is 1. The van der Waals surface area contributed by atoms with Gasteiger partial charge in [0.15, 0.2) is 0 Å². The second kappa shape index (κ2) is 6.91. The quantitative estimate of drug-likeness (QED) is 0.642. The molecule has 0 spiro atoms. The zero-order valence-electron chi connectivity index (χ0n) is 11.6. The van der Waals surface area contributed by atoms with Crippen LogP contribution in [-0.2, 0) is 11.3 Å². The summed E-state index contributed by atoms with van der Waals surface area (Å²) in [6.45, 7) is 4.38. The van der Waals surface area contributed by atoms with Crippen molar-refractivity contribution in [3.63, 3.8) is 0 Å². The Balaban J connectivity index is 1.93. The van der Waals surface area contributed by atoms with Crippen LogP contribution in [0, 0.1) is 0 Å². The molecule has 108 valence electrons. The van der Waals surface area contributed by atoms with Gasteiger partial charge < -0.3 is 15.6 Å². The number of H-pyrrole nitrogens is 1. The van der Waals surface area contributed by atoms with Crippen LogP contribution in [0.4, 0.5) is 0 Å². The van der Waals surface area contributed by atoms with E-state index >= 15 is 0 Å². The summed E-state index contributed by atoms with van der Waals surface area (Å²) in [5.41, 5.74) is 1.23. The van der Waals surface area contributed by atoms with Crippen molar-refractivity contribution in [2.75, 3.05) is 19.6 Å². The van der Waals surface area contributed by atoms with Gasteiger partial charge in [-0.3, -0.25) is 9.36 Å². The molecule has 1 heterocycles. The van der Waals surface area contributed by atoms with Gasteiger partial charge in [-0.1, -0.05) is 19.1 Å². The molecule has 0 aliphatic rings. The van der Waals surface area contributed by atoms with E-state index in [4.69, 9.17) is 0 Å². The van der Waals surface area contributed by atoms with Gasteiger partial charge in [-0.2, -0.15) is 0 Å². The summed E-state index contributed by atoms with van der Waals surface area (Å²) in [6.07, 6.45) is 1.07. The van der Waals surface area contributed by atoms with E-state index in [0.29, 0.717) is 6.54 Å². The number of imidazole rings is 1. The first kappa shape index (κ1) is 14.3. The topological polar surface area (TPSA) is 78.9 Å². The van der Waals surface area contributed by atoms with Gasteiger partial charge in [-0.15, -0.1) is 0 Å². The molecule has 20 heavy (non-hydrogen) atoms. The third kappa shape index (κ3) is 3.48. The molecule has 0 unspecified atom stereocenters. The smallest absolute Gasteiger partial charge is 0.326 e. The third-order valence-corrected chi connectivity index (χ3v) is 3.03. The largest absolute Gasteiger partial charge is 0.353 e. The van der Waals surface area contributed by atoms with Crippen molar-refractivity contribution in [1.29, 1.82) is 0 Å². The van der Waals surface area contributed by atoms with E-state index in [1.807, 2.05) is 24.3 Å². The van der Waals surface area contributed by atoms with E-state index in [0.717, 1.165) is 30.5 Å². The summed E-state index contributed by atoms with van der Waals surface area (Å²) >= 11 is 0. The Hall–Kier alpha value is -2.08. The summed E-state index contributed by atoms with van der Waals surface area (Å²) in [6, 6.07) is 7.34. The van der Waals surface area contributed by atoms with Crippen molar-refractivity contribution in [3.8, 4) is 0 Å². The molecule has 0 saturated carbocycles. The van der Waals surface area contributed by atoms with Crippen molar-refractivity contribution in [1.82, 2.24) is 20.2 Å². The Morgan fingerprint density at radius 2 is 2.05 bits per heavy atom. The summed E-state index contributed by atoms with van der Waals surface area (Å²) in [5.74, 6) is -0.157. The number of carbonyl (C=O) groups excluding carboxylic acids is 1. The van der Waals surface area contributed by atoms with Gasteiger partial charge in [0, 0.05) is 13.1 Å². The predicted molar refractivity (Wildman–Crippen MR) is 78.7 cm³/mol. The predicted octanol–water partition coefficient (Wildman–Crippen LogP) is 0.445. The second-order valence-corrected chi connectivity index (χ2v) is 4.63. The Bertz CT molecular complexity index is 629. The lowest BCUT2D eigenvalue weighted by atomic mass is 10.3. The fourth-order valence-corrected chi connectivity index (χ4v) is 2.06. The van der Waals surface area contributed by atoms with Crippen LogP contribution >= 0.6 is 0 Å². The minimum atomic E-state index is -0.259. The fourth-order valence-electron chi connectivity index (χ4n) is 2.06. The number of aromatic amines is 1. The first-order chi connectivity index (χ1) is 9.72. The first-order valence-corrected chi connectivity index (χ1v) is 6.87. The van der Waals surface area contributed by atoms with Gasteiger partial charge in [-0.05, 0) is 25.1 Å². The lowest BCUT2D eigenvalue weighted by Crippen LogP contribution is -2.35. The molecule has 0 bridgehead atoms. The van der Waals surface area contributed by atoms with Crippen LogP contribution in [0.5, 0.6) is 0 Å². The zero-order chi connectivity index (χ0) is 14.4. The molecule has 1 aromatic heterocycles. The van der Waals surface area contributed by atoms with Crippen LogP contribution in [0.1, 0.15) is 13.3 Å². The average molecular weight is 276 g/mol. The number of aromatic nitrogens is 2. The van der Waals surface area contributed by atoms with Gasteiger partial charge >= 0.3 is 5.69 Å². The standard InChI is InChI=1S/C14H20N4O2/c1-2-7-15-8-9-16-13(19)10-18-12-6-4-3-5-11(12)17-14(18)20/h3-6,15H,2,7-10H2,1H3,(H,16,19)(H,17,20). The Kier molecular flexibility index (Phi) is 4.95. The number of rotatable bonds is 7. The minimum Gasteiger partial charge on any atom is -0.353 e. The minimum absolute atomic E-state index is 0.0383. The number of hydrogen-bond donors (Lipinski definition) is 3. The highest BCUT2D eigenvalue weighted by molar-refractivity contribution is 5.80. The molecule has 2 aromatic rings. The van der Waals surface area contributed by atoms with Gasteiger partial charge in [0.2, 0.25) is 5.91 Å². The molecule has 0 fully saturated rings. The highest BCUT2D eigenvalue weighted by atomic mass is 16.2. The number of hydrogen-bond acceptors (Lipinski definition) is 3. The fraction of sp³-hybridized carbons (Fsp3) is 0.429. The van der Waals surface area contributed by atoms with Gasteiger partial charge in [-0.25, -0.2) is 4.79 Å². The van der Waals surface area contributed by atoms with Crippen LogP contribution in [0.25, 0.3) is 11.0 Å². The molecule has 6 heteroatoms. The molecule has 0 aliphatic heterocycles. The van der Waals surface area contributed by atoms with Crippen molar-refractivity contribution in [3.05, 3.63) is 34.7 Å². The molecule has 3 N–H and O–H groups in total. The molecule has 1 aromatic carbocycles. The van der Waals surface area contributed by atoms with Gasteiger partial charge in [0.05, 0.1) is 11.0 Å². The highest BCUT2D eigenvalue weighted by Crippen LogP contribution is 2.08. The number of fused-ring (bicyclic) bond motifs is 1. The van der Waals surface area contributed by atoms with E-state index in [-0.39, 0.29) is 18.1 Å². The second-order valence-electron chi connectivity index (χ2n) is 4.63. The van der Waals surface area contributed by atoms with Gasteiger partial charge in [0.1, 0.15) is 6.54 Å². The number of nitrogens with zero attached hydrogens (tertiary/aromatic N) is 1. The number of benzene rings is 1. The van der Waals surface area contributed by atoms with Crippen LogP contribution in [0.3, 0.4) is 0 Å². The molecule has 0 atom stereocenters. The van der Waals surface area contributed by atoms with Gasteiger partial charge in [0.25, 0.3) is 0 Å². The van der Waals surface area contributed by atoms with E-state index in [1.54, 1.807) is 0 Å². The molecule has 0 saturated heterocycles. The van der Waals surface area contributed by atoms with E-state index < -0.39 is 0 Å². The first-order valence-electron chi connectivity index (χ1n) is 6.87. The van der Waals surface area contributed by atoms with Crippen LogP contribution < -0.4 is 16.3 Å². The molecule has 0 aliphatic carbocycles. The summed E-state index contributed by atoms with van der Waals surface area (Å²) in [4.78, 5) is 26.4. The lowest BCUT2D eigenvalue weighted by molar-refractivity contribution is -0.121. The molecule has 2 rings (SSSR count). The number of nitrogens with one attached hydrogen (secondary N) is 3. The van der Waals surface area contributed by atoms with E-state index in [2.05, 4.69) is 22.5 Å². The SMILES string of the molecule is CCCNCCNC(=O)Cn1c(=O)[nH]c2ccccc21. The lowest BCUT2D eigenvalue weighted by Gasteiger charge is -2.07.